The summed E-state index contributed by atoms with van der Waals surface area (Å²) in [6, 6.07) is 14.9. The highest BCUT2D eigenvalue weighted by molar-refractivity contribution is 5.94. The first-order valence-corrected chi connectivity index (χ1v) is 7.54. The molecule has 2 aromatic carbocycles. The number of carbonyl (C=O) groups is 1. The normalized spacial score (nSPS) is 10.3. The van der Waals surface area contributed by atoms with E-state index in [9.17, 15) is 4.79 Å². The van der Waals surface area contributed by atoms with Crippen molar-refractivity contribution in [2.24, 2.45) is 0 Å². The smallest absolute Gasteiger partial charge is 0.264 e. The molecule has 1 heterocycles. The molecule has 8 nitrogen and oxygen atoms in total. The van der Waals surface area contributed by atoms with Gasteiger partial charge in [0, 0.05) is 11.1 Å². The van der Waals surface area contributed by atoms with E-state index in [1.807, 2.05) is 30.3 Å². The third-order valence-corrected chi connectivity index (χ3v) is 3.40. The third kappa shape index (κ3) is 3.75. The summed E-state index contributed by atoms with van der Waals surface area (Å²) in [5.74, 6) is 0.716. The van der Waals surface area contributed by atoms with Crippen LogP contribution in [0.2, 0.25) is 0 Å². The Labute approximate surface area is 143 Å². The largest absolute Gasteiger partial charge is 0.494 e. The third-order valence-electron chi connectivity index (χ3n) is 3.40. The van der Waals surface area contributed by atoms with Crippen molar-refractivity contribution in [3.8, 4) is 5.75 Å². The maximum Gasteiger partial charge on any atom is 0.264 e. The van der Waals surface area contributed by atoms with Crippen molar-refractivity contribution in [3.05, 3.63) is 48.5 Å². The van der Waals surface area contributed by atoms with Gasteiger partial charge in [-0.1, -0.05) is 24.3 Å². The number of hydrogen-bond donors (Lipinski definition) is 4. The molecule has 0 saturated carbocycles. The molecule has 128 valence electrons. The van der Waals surface area contributed by atoms with Crippen LogP contribution < -0.4 is 20.9 Å². The van der Waals surface area contributed by atoms with Crippen LogP contribution in [-0.2, 0) is 4.79 Å². The SMILES string of the molecule is COc1cccc2c(NNC(=O)CO)nc(Nc3ccccc3)nc12. The number of ether oxygens (including phenoxy) is 1. The number of hydrazine groups is 1. The van der Waals surface area contributed by atoms with Crippen molar-refractivity contribution >= 4 is 34.3 Å². The van der Waals surface area contributed by atoms with Crippen molar-refractivity contribution in [2.45, 2.75) is 0 Å². The first-order valence-electron chi connectivity index (χ1n) is 7.54. The second kappa shape index (κ2) is 7.45. The number of aromatic nitrogens is 2. The van der Waals surface area contributed by atoms with Crippen LogP contribution in [0.1, 0.15) is 0 Å². The number of nitrogens with zero attached hydrogens (tertiary/aromatic N) is 2. The minimum Gasteiger partial charge on any atom is -0.494 e. The van der Waals surface area contributed by atoms with Gasteiger partial charge < -0.3 is 15.2 Å². The minimum absolute atomic E-state index is 0.337. The first kappa shape index (κ1) is 16.5. The second-order valence-corrected chi connectivity index (χ2v) is 5.07. The average molecular weight is 339 g/mol. The van der Waals surface area contributed by atoms with Gasteiger partial charge in [-0.2, -0.15) is 4.98 Å². The van der Waals surface area contributed by atoms with E-state index in [-0.39, 0.29) is 0 Å². The molecule has 1 amide bonds. The van der Waals surface area contributed by atoms with Gasteiger partial charge in [0.05, 0.1) is 7.11 Å². The molecule has 0 aliphatic carbocycles. The fourth-order valence-electron chi connectivity index (χ4n) is 2.26. The Kier molecular flexibility index (Phi) is 4.91. The lowest BCUT2D eigenvalue weighted by atomic mass is 10.2. The zero-order valence-corrected chi connectivity index (χ0v) is 13.5. The van der Waals surface area contributed by atoms with Gasteiger partial charge in [0.1, 0.15) is 17.9 Å². The molecule has 0 spiro atoms. The standard InChI is InChI=1S/C17H17N5O3/c1-25-13-9-5-8-12-15(13)19-17(18-11-6-3-2-4-7-11)20-16(12)22-21-14(24)10-23/h2-9,23H,10H2,1H3,(H,21,24)(H2,18,19,20,22). The maximum atomic E-state index is 11.3. The van der Waals surface area contributed by atoms with Gasteiger partial charge in [-0.15, -0.1) is 0 Å². The number of para-hydroxylation sites is 2. The highest BCUT2D eigenvalue weighted by Crippen LogP contribution is 2.29. The summed E-state index contributed by atoms with van der Waals surface area (Å²) in [6.45, 7) is -0.630. The molecule has 0 radical (unpaired) electrons. The predicted molar refractivity (Wildman–Crippen MR) is 94.7 cm³/mol. The van der Waals surface area contributed by atoms with Crippen LogP contribution in [0.5, 0.6) is 5.75 Å². The van der Waals surface area contributed by atoms with Crippen molar-refractivity contribution in [3.63, 3.8) is 0 Å². The summed E-state index contributed by atoms with van der Waals surface area (Å²) < 4.78 is 5.36. The Morgan fingerprint density at radius 2 is 1.92 bits per heavy atom. The number of aliphatic hydroxyl groups is 1. The number of nitrogens with one attached hydrogen (secondary N) is 3. The van der Waals surface area contributed by atoms with Crippen molar-refractivity contribution in [1.29, 1.82) is 0 Å². The molecule has 0 bridgehead atoms. The topological polar surface area (TPSA) is 108 Å². The summed E-state index contributed by atoms with van der Waals surface area (Å²) in [6.07, 6.45) is 0. The first-order chi connectivity index (χ1) is 12.2. The van der Waals surface area contributed by atoms with Gasteiger partial charge in [-0.05, 0) is 24.3 Å². The molecule has 0 fully saturated rings. The van der Waals surface area contributed by atoms with Crippen molar-refractivity contribution < 1.29 is 14.6 Å². The Morgan fingerprint density at radius 3 is 2.64 bits per heavy atom. The van der Waals surface area contributed by atoms with E-state index in [0.29, 0.717) is 28.4 Å². The molecular formula is C17H17N5O3. The Hall–Kier alpha value is -3.39. The number of anilines is 3. The molecule has 3 rings (SSSR count). The number of methoxy groups -OCH3 is 1. The monoisotopic (exact) mass is 339 g/mol. The Morgan fingerprint density at radius 1 is 1.12 bits per heavy atom. The highest BCUT2D eigenvalue weighted by atomic mass is 16.5. The van der Waals surface area contributed by atoms with Gasteiger partial charge in [-0.25, -0.2) is 4.98 Å². The molecule has 4 N–H and O–H groups in total. The van der Waals surface area contributed by atoms with E-state index in [0.717, 1.165) is 5.69 Å². The zero-order chi connectivity index (χ0) is 17.6. The minimum atomic E-state index is -0.630. The zero-order valence-electron chi connectivity index (χ0n) is 13.5. The van der Waals surface area contributed by atoms with E-state index >= 15 is 0 Å². The fourth-order valence-corrected chi connectivity index (χ4v) is 2.26. The van der Waals surface area contributed by atoms with Gasteiger partial charge in [-0.3, -0.25) is 15.6 Å². The summed E-state index contributed by atoms with van der Waals surface area (Å²) in [4.78, 5) is 20.2. The number of hydrogen-bond acceptors (Lipinski definition) is 7. The van der Waals surface area contributed by atoms with E-state index in [1.54, 1.807) is 25.3 Å². The number of amides is 1. The molecule has 0 aliphatic heterocycles. The van der Waals surface area contributed by atoms with Crippen LogP contribution in [0.3, 0.4) is 0 Å². The van der Waals surface area contributed by atoms with Gasteiger partial charge in [0.25, 0.3) is 5.91 Å². The number of carbonyl (C=O) groups excluding carboxylic acids is 1. The summed E-state index contributed by atoms with van der Waals surface area (Å²) in [7, 11) is 1.56. The lowest BCUT2D eigenvalue weighted by molar-refractivity contribution is -0.123. The second-order valence-electron chi connectivity index (χ2n) is 5.07. The quantitative estimate of drug-likeness (QED) is 0.507. The lowest BCUT2D eigenvalue weighted by Gasteiger charge is -2.13. The average Bonchev–Trinajstić information content (AvgIpc) is 2.66. The van der Waals surface area contributed by atoms with Gasteiger partial charge in [0.15, 0.2) is 5.82 Å². The van der Waals surface area contributed by atoms with Gasteiger partial charge in [0.2, 0.25) is 5.95 Å². The maximum absolute atomic E-state index is 11.3. The van der Waals surface area contributed by atoms with E-state index in [1.165, 1.54) is 0 Å². The molecule has 8 heteroatoms. The Balaban J connectivity index is 2.03. The van der Waals surface area contributed by atoms with Crippen LogP contribution in [0.4, 0.5) is 17.5 Å². The molecule has 0 unspecified atom stereocenters. The van der Waals surface area contributed by atoms with Crippen LogP contribution in [0.15, 0.2) is 48.5 Å². The molecule has 1 aromatic heterocycles. The highest BCUT2D eigenvalue weighted by Gasteiger charge is 2.12. The van der Waals surface area contributed by atoms with Crippen LogP contribution in [-0.4, -0.2) is 34.7 Å². The van der Waals surface area contributed by atoms with E-state index in [4.69, 9.17) is 9.84 Å². The molecule has 0 saturated heterocycles. The number of aliphatic hydroxyl groups excluding tert-OH is 1. The molecule has 0 atom stereocenters. The van der Waals surface area contributed by atoms with Crippen molar-refractivity contribution in [2.75, 3.05) is 24.5 Å². The van der Waals surface area contributed by atoms with E-state index in [2.05, 4.69) is 26.1 Å². The summed E-state index contributed by atoms with van der Waals surface area (Å²) >= 11 is 0. The molecule has 0 aliphatic rings. The van der Waals surface area contributed by atoms with Crippen LogP contribution >= 0.6 is 0 Å². The molecular weight excluding hydrogens is 322 g/mol. The summed E-state index contributed by atoms with van der Waals surface area (Å²) in [5.41, 5.74) is 6.49. The number of rotatable bonds is 6. The molecule has 25 heavy (non-hydrogen) atoms. The van der Waals surface area contributed by atoms with Crippen LogP contribution in [0.25, 0.3) is 10.9 Å². The summed E-state index contributed by atoms with van der Waals surface area (Å²) in [5, 5.41) is 12.6. The van der Waals surface area contributed by atoms with Crippen molar-refractivity contribution in [1.82, 2.24) is 15.4 Å². The Bertz CT molecular complexity index is 886. The van der Waals surface area contributed by atoms with E-state index < -0.39 is 12.5 Å². The lowest BCUT2D eigenvalue weighted by Crippen LogP contribution is -2.32. The fraction of sp³-hybridized carbons (Fsp3) is 0.118. The van der Waals surface area contributed by atoms with Crippen LogP contribution in [0, 0.1) is 0 Å². The number of benzene rings is 2. The predicted octanol–water partition coefficient (Wildman–Crippen LogP) is 1.82. The molecule has 3 aromatic rings. The van der Waals surface area contributed by atoms with Gasteiger partial charge >= 0.3 is 0 Å². The number of fused-ring (bicyclic) bond motifs is 1.